The Balaban J connectivity index is 2.55. The summed E-state index contributed by atoms with van der Waals surface area (Å²) in [7, 11) is 0. The molecule has 1 aromatic rings. The summed E-state index contributed by atoms with van der Waals surface area (Å²) in [5.74, 6) is 0. The number of benzene rings is 1. The van der Waals surface area contributed by atoms with E-state index in [1.54, 1.807) is 0 Å². The Kier molecular flexibility index (Phi) is 6.01. The number of carbonyl (C=O) groups excluding carboxylic acids is 1. The summed E-state index contributed by atoms with van der Waals surface area (Å²) in [4.78, 5) is 14.9. The van der Waals surface area contributed by atoms with Crippen molar-refractivity contribution in [3.63, 3.8) is 0 Å². The van der Waals surface area contributed by atoms with Crippen molar-refractivity contribution >= 4 is 17.0 Å². The second-order valence-electron chi connectivity index (χ2n) is 3.67. The van der Waals surface area contributed by atoms with Crippen LogP contribution >= 0.6 is 11.8 Å². The van der Waals surface area contributed by atoms with Gasteiger partial charge in [0.1, 0.15) is 0 Å². The van der Waals surface area contributed by atoms with E-state index in [9.17, 15) is 4.79 Å². The minimum atomic E-state index is 0.162. The van der Waals surface area contributed by atoms with Gasteiger partial charge in [-0.15, -0.1) is 0 Å². The number of carbonyl (C=O) groups is 1. The van der Waals surface area contributed by atoms with Crippen LogP contribution in [0.4, 0.5) is 4.79 Å². The Labute approximate surface area is 102 Å². The van der Waals surface area contributed by atoms with E-state index in [-0.39, 0.29) is 5.24 Å². The molecule has 0 bridgehead atoms. The molecule has 0 atom stereocenters. The minimum absolute atomic E-state index is 0.162. The lowest BCUT2D eigenvalue weighted by atomic mass is 10.4. The van der Waals surface area contributed by atoms with Gasteiger partial charge in [-0.3, -0.25) is 4.79 Å². The summed E-state index contributed by atoms with van der Waals surface area (Å²) in [5.41, 5.74) is 0. The standard InChI is InChI=1S/C13H19NOS/c1-3-10-14(11-4-2)13(15)16-12-8-6-5-7-9-12/h5-9H,3-4,10-11H2,1-2H3. The molecule has 88 valence electrons. The minimum Gasteiger partial charge on any atom is -0.333 e. The van der Waals surface area contributed by atoms with Crippen LogP contribution in [-0.2, 0) is 0 Å². The van der Waals surface area contributed by atoms with Crippen LogP contribution < -0.4 is 0 Å². The molecule has 0 fully saturated rings. The third-order valence-electron chi connectivity index (χ3n) is 2.19. The van der Waals surface area contributed by atoms with Crippen molar-refractivity contribution in [1.29, 1.82) is 0 Å². The number of rotatable bonds is 5. The fourth-order valence-corrected chi connectivity index (χ4v) is 2.29. The van der Waals surface area contributed by atoms with E-state index in [0.29, 0.717) is 0 Å². The van der Waals surface area contributed by atoms with Gasteiger partial charge in [0.25, 0.3) is 5.24 Å². The highest BCUT2D eigenvalue weighted by Crippen LogP contribution is 2.21. The lowest BCUT2D eigenvalue weighted by Crippen LogP contribution is -2.29. The number of hydrogen-bond donors (Lipinski definition) is 0. The summed E-state index contributed by atoms with van der Waals surface area (Å²) >= 11 is 1.32. The number of hydrogen-bond acceptors (Lipinski definition) is 2. The van der Waals surface area contributed by atoms with E-state index in [4.69, 9.17) is 0 Å². The van der Waals surface area contributed by atoms with E-state index in [0.717, 1.165) is 30.8 Å². The molecule has 1 aromatic carbocycles. The topological polar surface area (TPSA) is 20.3 Å². The third kappa shape index (κ3) is 4.27. The van der Waals surface area contributed by atoms with Crippen LogP contribution in [0.2, 0.25) is 0 Å². The van der Waals surface area contributed by atoms with Crippen molar-refractivity contribution in [2.24, 2.45) is 0 Å². The molecule has 0 heterocycles. The molecule has 2 nitrogen and oxygen atoms in total. The quantitative estimate of drug-likeness (QED) is 0.721. The van der Waals surface area contributed by atoms with Crippen LogP contribution in [0.15, 0.2) is 35.2 Å². The second kappa shape index (κ2) is 7.34. The number of amides is 1. The van der Waals surface area contributed by atoms with Crippen LogP contribution in [0.25, 0.3) is 0 Å². The van der Waals surface area contributed by atoms with Crippen molar-refractivity contribution in [2.75, 3.05) is 13.1 Å². The first-order valence-electron chi connectivity index (χ1n) is 5.79. The fourth-order valence-electron chi connectivity index (χ4n) is 1.49. The Morgan fingerprint density at radius 1 is 1.12 bits per heavy atom. The Morgan fingerprint density at radius 3 is 2.19 bits per heavy atom. The van der Waals surface area contributed by atoms with Crippen molar-refractivity contribution in [1.82, 2.24) is 4.90 Å². The van der Waals surface area contributed by atoms with Gasteiger partial charge in [0, 0.05) is 18.0 Å². The van der Waals surface area contributed by atoms with Crippen LogP contribution in [0.5, 0.6) is 0 Å². The van der Waals surface area contributed by atoms with Crippen molar-refractivity contribution in [3.05, 3.63) is 30.3 Å². The highest BCUT2D eigenvalue weighted by molar-refractivity contribution is 8.13. The first-order valence-corrected chi connectivity index (χ1v) is 6.61. The van der Waals surface area contributed by atoms with Crippen LogP contribution in [0.3, 0.4) is 0 Å². The van der Waals surface area contributed by atoms with Crippen molar-refractivity contribution in [2.45, 2.75) is 31.6 Å². The fraction of sp³-hybridized carbons (Fsp3) is 0.462. The smallest absolute Gasteiger partial charge is 0.286 e. The molecule has 3 heteroatoms. The Morgan fingerprint density at radius 2 is 1.69 bits per heavy atom. The van der Waals surface area contributed by atoms with Gasteiger partial charge in [-0.05, 0) is 36.7 Å². The molecule has 1 rings (SSSR count). The average molecular weight is 237 g/mol. The van der Waals surface area contributed by atoms with Gasteiger partial charge in [0.05, 0.1) is 0 Å². The van der Waals surface area contributed by atoms with Gasteiger partial charge >= 0.3 is 0 Å². The normalized spacial score (nSPS) is 10.1. The van der Waals surface area contributed by atoms with Gasteiger partial charge in [-0.1, -0.05) is 32.0 Å². The lowest BCUT2D eigenvalue weighted by molar-refractivity contribution is 0.223. The summed E-state index contributed by atoms with van der Waals surface area (Å²) < 4.78 is 0. The third-order valence-corrected chi connectivity index (χ3v) is 3.13. The van der Waals surface area contributed by atoms with E-state index >= 15 is 0 Å². The molecule has 0 aliphatic rings. The predicted molar refractivity (Wildman–Crippen MR) is 69.9 cm³/mol. The maximum Gasteiger partial charge on any atom is 0.286 e. The zero-order chi connectivity index (χ0) is 11.8. The Hall–Kier alpha value is -0.960. The zero-order valence-corrected chi connectivity index (χ0v) is 10.8. The summed E-state index contributed by atoms with van der Waals surface area (Å²) in [6.45, 7) is 5.91. The molecule has 0 spiro atoms. The SMILES string of the molecule is CCCN(CCC)C(=O)Sc1ccccc1. The molecule has 0 saturated heterocycles. The van der Waals surface area contributed by atoms with Gasteiger partial charge < -0.3 is 4.90 Å². The first-order chi connectivity index (χ1) is 7.77. The number of thioether (sulfide) groups is 1. The maximum atomic E-state index is 12.0. The predicted octanol–water partition coefficient (Wildman–Crippen LogP) is 4.02. The van der Waals surface area contributed by atoms with Gasteiger partial charge in [-0.25, -0.2) is 0 Å². The van der Waals surface area contributed by atoms with Crippen LogP contribution in [0.1, 0.15) is 26.7 Å². The van der Waals surface area contributed by atoms with Gasteiger partial charge in [-0.2, -0.15) is 0 Å². The molecule has 0 aliphatic carbocycles. The number of nitrogens with zero attached hydrogens (tertiary/aromatic N) is 1. The van der Waals surface area contributed by atoms with Gasteiger partial charge in [0.2, 0.25) is 0 Å². The molecule has 0 saturated carbocycles. The van der Waals surface area contributed by atoms with Crippen LogP contribution in [-0.4, -0.2) is 23.2 Å². The monoisotopic (exact) mass is 237 g/mol. The molecule has 0 radical (unpaired) electrons. The molecule has 0 aliphatic heterocycles. The molecule has 16 heavy (non-hydrogen) atoms. The summed E-state index contributed by atoms with van der Waals surface area (Å²) in [5, 5.41) is 0.162. The lowest BCUT2D eigenvalue weighted by Gasteiger charge is -2.20. The van der Waals surface area contributed by atoms with Gasteiger partial charge in [0.15, 0.2) is 0 Å². The maximum absolute atomic E-state index is 12.0. The van der Waals surface area contributed by atoms with E-state index in [2.05, 4.69) is 13.8 Å². The molecule has 1 amide bonds. The molecule has 0 aromatic heterocycles. The first kappa shape index (κ1) is 13.1. The largest absolute Gasteiger partial charge is 0.333 e. The second-order valence-corrected chi connectivity index (χ2v) is 4.69. The van der Waals surface area contributed by atoms with Crippen molar-refractivity contribution in [3.8, 4) is 0 Å². The highest BCUT2D eigenvalue weighted by Gasteiger charge is 2.12. The Bertz CT molecular complexity index is 307. The van der Waals surface area contributed by atoms with E-state index < -0.39 is 0 Å². The molecular weight excluding hydrogens is 218 g/mol. The summed E-state index contributed by atoms with van der Waals surface area (Å²) in [6.07, 6.45) is 2.03. The van der Waals surface area contributed by atoms with Crippen molar-refractivity contribution < 1.29 is 4.79 Å². The van der Waals surface area contributed by atoms with Crippen LogP contribution in [0, 0.1) is 0 Å². The average Bonchev–Trinajstić information content (AvgIpc) is 2.30. The van der Waals surface area contributed by atoms with E-state index in [1.807, 2.05) is 35.2 Å². The van der Waals surface area contributed by atoms with E-state index in [1.165, 1.54) is 11.8 Å². The zero-order valence-electron chi connectivity index (χ0n) is 9.98. The highest BCUT2D eigenvalue weighted by atomic mass is 32.2. The molecule has 0 N–H and O–H groups in total. The summed E-state index contributed by atoms with van der Waals surface area (Å²) in [6, 6.07) is 9.82. The molecule has 0 unspecified atom stereocenters. The molecular formula is C13H19NOS.